The molecule has 3 aromatic rings. The zero-order valence-corrected chi connectivity index (χ0v) is 11.3. The number of benzene rings is 1. The van der Waals surface area contributed by atoms with Gasteiger partial charge in [0.05, 0.1) is 0 Å². The molecule has 4 heteroatoms. The SMILES string of the molecule is NCCN(Cc1ccccc1)c1cccc2nccn12. The maximum Gasteiger partial charge on any atom is 0.138 e. The van der Waals surface area contributed by atoms with E-state index in [1.54, 1.807) is 0 Å². The highest BCUT2D eigenvalue weighted by Gasteiger charge is 2.10. The quantitative estimate of drug-likeness (QED) is 0.771. The highest BCUT2D eigenvalue weighted by Crippen LogP contribution is 2.18. The lowest BCUT2D eigenvalue weighted by Crippen LogP contribution is -2.30. The van der Waals surface area contributed by atoms with E-state index < -0.39 is 0 Å². The molecule has 4 nitrogen and oxygen atoms in total. The Kier molecular flexibility index (Phi) is 3.65. The molecule has 0 radical (unpaired) electrons. The summed E-state index contributed by atoms with van der Waals surface area (Å²) in [5.74, 6) is 1.12. The fraction of sp³-hybridized carbons (Fsp3) is 0.188. The van der Waals surface area contributed by atoms with Gasteiger partial charge in [-0.25, -0.2) is 4.98 Å². The summed E-state index contributed by atoms with van der Waals surface area (Å²) in [6, 6.07) is 16.6. The van der Waals surface area contributed by atoms with Crippen molar-refractivity contribution in [2.45, 2.75) is 6.54 Å². The predicted octanol–water partition coefficient (Wildman–Crippen LogP) is 2.30. The Morgan fingerprint density at radius 3 is 2.70 bits per heavy atom. The van der Waals surface area contributed by atoms with Crippen LogP contribution in [0.15, 0.2) is 60.9 Å². The van der Waals surface area contributed by atoms with Crippen molar-refractivity contribution in [1.82, 2.24) is 9.38 Å². The molecule has 2 N–H and O–H groups in total. The molecule has 0 bridgehead atoms. The Morgan fingerprint density at radius 1 is 1.05 bits per heavy atom. The van der Waals surface area contributed by atoms with Crippen LogP contribution in [0.25, 0.3) is 5.65 Å². The van der Waals surface area contributed by atoms with Crippen LogP contribution in [-0.4, -0.2) is 22.5 Å². The third-order valence-corrected chi connectivity index (χ3v) is 3.35. The third kappa shape index (κ3) is 2.51. The molecule has 0 amide bonds. The highest BCUT2D eigenvalue weighted by molar-refractivity contribution is 5.51. The Balaban J connectivity index is 1.96. The van der Waals surface area contributed by atoms with E-state index in [0.717, 1.165) is 24.6 Å². The van der Waals surface area contributed by atoms with Gasteiger partial charge in [0.1, 0.15) is 11.5 Å². The molecule has 0 aliphatic heterocycles. The van der Waals surface area contributed by atoms with E-state index in [0.29, 0.717) is 6.54 Å². The molecule has 102 valence electrons. The average molecular weight is 266 g/mol. The van der Waals surface area contributed by atoms with Gasteiger partial charge in [-0.3, -0.25) is 4.40 Å². The Hall–Kier alpha value is -2.33. The van der Waals surface area contributed by atoms with Gasteiger partial charge >= 0.3 is 0 Å². The average Bonchev–Trinajstić information content (AvgIpc) is 2.96. The molecule has 0 atom stereocenters. The molecule has 0 saturated heterocycles. The first-order valence-electron chi connectivity index (χ1n) is 6.79. The first kappa shape index (κ1) is 12.7. The fourth-order valence-corrected chi connectivity index (χ4v) is 2.42. The molecule has 2 aromatic heterocycles. The second kappa shape index (κ2) is 5.75. The van der Waals surface area contributed by atoms with Crippen molar-refractivity contribution < 1.29 is 0 Å². The van der Waals surface area contributed by atoms with E-state index in [2.05, 4.69) is 44.6 Å². The van der Waals surface area contributed by atoms with Gasteiger partial charge in [-0.2, -0.15) is 0 Å². The largest absolute Gasteiger partial charge is 0.352 e. The molecular formula is C16H18N4. The number of hydrogen-bond donors (Lipinski definition) is 1. The van der Waals surface area contributed by atoms with E-state index in [-0.39, 0.29) is 0 Å². The summed E-state index contributed by atoms with van der Waals surface area (Å²) in [7, 11) is 0. The number of imidazole rings is 1. The maximum atomic E-state index is 5.77. The molecule has 3 rings (SSSR count). The van der Waals surface area contributed by atoms with Crippen LogP contribution in [0.4, 0.5) is 5.82 Å². The van der Waals surface area contributed by atoms with Gasteiger partial charge < -0.3 is 10.6 Å². The summed E-state index contributed by atoms with van der Waals surface area (Å²) in [6.07, 6.45) is 3.81. The topological polar surface area (TPSA) is 46.6 Å². The first-order chi connectivity index (χ1) is 9.88. The fourth-order valence-electron chi connectivity index (χ4n) is 2.42. The lowest BCUT2D eigenvalue weighted by atomic mass is 10.2. The number of aromatic nitrogens is 2. The summed E-state index contributed by atoms with van der Waals surface area (Å²) < 4.78 is 2.10. The van der Waals surface area contributed by atoms with E-state index in [1.165, 1.54) is 5.56 Å². The number of nitrogens with zero attached hydrogens (tertiary/aromatic N) is 3. The molecule has 0 spiro atoms. The van der Waals surface area contributed by atoms with Crippen LogP contribution in [0.2, 0.25) is 0 Å². The van der Waals surface area contributed by atoms with Crippen LogP contribution < -0.4 is 10.6 Å². The number of fused-ring (bicyclic) bond motifs is 1. The summed E-state index contributed by atoms with van der Waals surface area (Å²) in [4.78, 5) is 6.62. The van der Waals surface area contributed by atoms with E-state index >= 15 is 0 Å². The van der Waals surface area contributed by atoms with Crippen molar-refractivity contribution in [2.24, 2.45) is 5.73 Å². The Labute approximate surface area is 118 Å². The van der Waals surface area contributed by atoms with Gasteiger partial charge in [-0.15, -0.1) is 0 Å². The minimum atomic E-state index is 0.623. The van der Waals surface area contributed by atoms with Crippen LogP contribution in [0.3, 0.4) is 0 Å². The standard InChI is InChI=1S/C16H18N4/c17-9-11-19(13-14-5-2-1-3-6-14)16-8-4-7-15-18-10-12-20(15)16/h1-8,10,12H,9,11,13,17H2. The van der Waals surface area contributed by atoms with E-state index in [1.807, 2.05) is 30.6 Å². The zero-order valence-electron chi connectivity index (χ0n) is 11.3. The van der Waals surface area contributed by atoms with E-state index in [9.17, 15) is 0 Å². The molecular weight excluding hydrogens is 248 g/mol. The minimum Gasteiger partial charge on any atom is -0.352 e. The summed E-state index contributed by atoms with van der Waals surface area (Å²) in [6.45, 7) is 2.28. The van der Waals surface area contributed by atoms with Crippen molar-refractivity contribution in [2.75, 3.05) is 18.0 Å². The number of anilines is 1. The molecule has 1 aromatic carbocycles. The third-order valence-electron chi connectivity index (χ3n) is 3.35. The van der Waals surface area contributed by atoms with Crippen LogP contribution in [0.1, 0.15) is 5.56 Å². The second-order valence-corrected chi connectivity index (χ2v) is 4.74. The van der Waals surface area contributed by atoms with Gasteiger partial charge in [-0.1, -0.05) is 36.4 Å². The van der Waals surface area contributed by atoms with Crippen molar-refractivity contribution in [3.63, 3.8) is 0 Å². The molecule has 0 fully saturated rings. The van der Waals surface area contributed by atoms with Crippen molar-refractivity contribution in [1.29, 1.82) is 0 Å². The predicted molar refractivity (Wildman–Crippen MR) is 81.7 cm³/mol. The van der Waals surface area contributed by atoms with Gasteiger partial charge in [0.25, 0.3) is 0 Å². The highest BCUT2D eigenvalue weighted by atomic mass is 15.2. The van der Waals surface area contributed by atoms with Crippen LogP contribution in [0.5, 0.6) is 0 Å². The van der Waals surface area contributed by atoms with Crippen molar-refractivity contribution in [3.8, 4) is 0 Å². The minimum absolute atomic E-state index is 0.623. The lowest BCUT2D eigenvalue weighted by molar-refractivity contribution is 0.769. The van der Waals surface area contributed by atoms with Crippen molar-refractivity contribution >= 4 is 11.5 Å². The van der Waals surface area contributed by atoms with Crippen LogP contribution in [0, 0.1) is 0 Å². The molecule has 2 heterocycles. The number of pyridine rings is 1. The molecule has 0 saturated carbocycles. The summed E-state index contributed by atoms with van der Waals surface area (Å²) in [5, 5.41) is 0. The summed E-state index contributed by atoms with van der Waals surface area (Å²) >= 11 is 0. The van der Waals surface area contributed by atoms with Crippen LogP contribution in [-0.2, 0) is 6.54 Å². The van der Waals surface area contributed by atoms with Gasteiger partial charge in [-0.05, 0) is 17.7 Å². The van der Waals surface area contributed by atoms with E-state index in [4.69, 9.17) is 5.73 Å². The number of nitrogens with two attached hydrogens (primary N) is 1. The Bertz CT molecular complexity index is 675. The second-order valence-electron chi connectivity index (χ2n) is 4.74. The molecule has 0 aliphatic carbocycles. The summed E-state index contributed by atoms with van der Waals surface area (Å²) in [5.41, 5.74) is 8.01. The number of rotatable bonds is 5. The number of hydrogen-bond acceptors (Lipinski definition) is 3. The van der Waals surface area contributed by atoms with Gasteiger partial charge in [0.2, 0.25) is 0 Å². The van der Waals surface area contributed by atoms with Crippen LogP contribution >= 0.6 is 0 Å². The molecule has 0 aliphatic rings. The monoisotopic (exact) mass is 266 g/mol. The van der Waals surface area contributed by atoms with Gasteiger partial charge in [0, 0.05) is 32.0 Å². The lowest BCUT2D eigenvalue weighted by Gasteiger charge is -2.25. The first-order valence-corrected chi connectivity index (χ1v) is 6.79. The normalized spacial score (nSPS) is 10.8. The molecule has 20 heavy (non-hydrogen) atoms. The maximum absolute atomic E-state index is 5.77. The van der Waals surface area contributed by atoms with Crippen molar-refractivity contribution in [3.05, 3.63) is 66.5 Å². The molecule has 0 unspecified atom stereocenters. The van der Waals surface area contributed by atoms with Gasteiger partial charge in [0.15, 0.2) is 0 Å². The zero-order chi connectivity index (χ0) is 13.8. The Morgan fingerprint density at radius 2 is 1.90 bits per heavy atom. The smallest absolute Gasteiger partial charge is 0.138 e.